The van der Waals surface area contributed by atoms with Crippen LogP contribution in [-0.4, -0.2) is 35.9 Å². The highest BCUT2D eigenvalue weighted by atomic mass is 35.5. The van der Waals surface area contributed by atoms with Gasteiger partial charge in [-0.3, -0.25) is 9.59 Å². The summed E-state index contributed by atoms with van der Waals surface area (Å²) in [6.45, 7) is 3.78. The van der Waals surface area contributed by atoms with Crippen LogP contribution in [0.3, 0.4) is 0 Å². The number of para-hydroxylation sites is 1. The molecule has 0 aliphatic heterocycles. The number of benzene rings is 2. The molecule has 8 heteroatoms. The lowest BCUT2D eigenvalue weighted by Gasteiger charge is -2.30. The van der Waals surface area contributed by atoms with E-state index in [1.165, 1.54) is 23.1 Å². The maximum Gasteiger partial charge on any atom is 0.261 e. The summed E-state index contributed by atoms with van der Waals surface area (Å²) in [5.41, 5.74) is 0.710. The summed E-state index contributed by atoms with van der Waals surface area (Å²) in [6.07, 6.45) is 0.401. The zero-order valence-electron chi connectivity index (χ0n) is 16.3. The van der Waals surface area contributed by atoms with Gasteiger partial charge in [-0.25, -0.2) is 4.39 Å². The fraction of sp³-hybridized carbons (Fsp3) is 0.333. The van der Waals surface area contributed by atoms with Gasteiger partial charge in [-0.15, -0.1) is 0 Å². The Kier molecular flexibility index (Phi) is 8.73. The summed E-state index contributed by atoms with van der Waals surface area (Å²) in [5, 5.41) is 3.49. The Bertz CT molecular complexity index is 864. The molecule has 2 amide bonds. The Morgan fingerprint density at radius 3 is 2.48 bits per heavy atom. The molecule has 0 radical (unpaired) electrons. The highest BCUT2D eigenvalue weighted by Gasteiger charge is 2.29. The van der Waals surface area contributed by atoms with Gasteiger partial charge < -0.3 is 15.0 Å². The van der Waals surface area contributed by atoms with Gasteiger partial charge in [0.05, 0.1) is 10.0 Å². The van der Waals surface area contributed by atoms with E-state index in [1.54, 1.807) is 31.2 Å². The van der Waals surface area contributed by atoms with Crippen LogP contribution in [0.5, 0.6) is 5.75 Å². The molecule has 2 rings (SSSR count). The average Bonchev–Trinajstić information content (AvgIpc) is 2.70. The molecule has 156 valence electrons. The highest BCUT2D eigenvalue weighted by molar-refractivity contribution is 6.42. The topological polar surface area (TPSA) is 58.6 Å². The van der Waals surface area contributed by atoms with Crippen molar-refractivity contribution in [2.75, 3.05) is 13.2 Å². The second-order valence-corrected chi connectivity index (χ2v) is 7.12. The zero-order chi connectivity index (χ0) is 21.4. The summed E-state index contributed by atoms with van der Waals surface area (Å²) in [5.74, 6) is -1.31. The van der Waals surface area contributed by atoms with Crippen molar-refractivity contribution in [1.82, 2.24) is 10.2 Å². The molecule has 0 spiro atoms. The van der Waals surface area contributed by atoms with Crippen molar-refractivity contribution >= 4 is 35.0 Å². The fourth-order valence-corrected chi connectivity index (χ4v) is 3.15. The number of nitrogens with one attached hydrogen (secondary N) is 1. The minimum absolute atomic E-state index is 0.0265. The lowest BCUT2D eigenvalue weighted by atomic mass is 10.1. The van der Waals surface area contributed by atoms with Crippen LogP contribution < -0.4 is 10.1 Å². The summed E-state index contributed by atoms with van der Waals surface area (Å²) in [6, 6.07) is 10.1. The van der Waals surface area contributed by atoms with E-state index in [2.05, 4.69) is 5.32 Å². The molecule has 2 aromatic carbocycles. The predicted octanol–water partition coefficient (Wildman–Crippen LogP) is 4.45. The second kappa shape index (κ2) is 11.0. The molecule has 0 aliphatic rings. The van der Waals surface area contributed by atoms with Crippen molar-refractivity contribution in [3.8, 4) is 5.75 Å². The molecule has 5 nitrogen and oxygen atoms in total. The van der Waals surface area contributed by atoms with Crippen molar-refractivity contribution in [2.24, 2.45) is 0 Å². The van der Waals surface area contributed by atoms with Crippen LogP contribution in [0, 0.1) is 5.82 Å². The molecular weight excluding hydrogens is 418 g/mol. The molecule has 0 bridgehead atoms. The van der Waals surface area contributed by atoms with Crippen LogP contribution in [0.1, 0.15) is 25.8 Å². The largest absolute Gasteiger partial charge is 0.481 e. The van der Waals surface area contributed by atoms with Crippen molar-refractivity contribution in [2.45, 2.75) is 32.9 Å². The van der Waals surface area contributed by atoms with Crippen molar-refractivity contribution in [3.05, 3.63) is 63.9 Å². The van der Waals surface area contributed by atoms with Gasteiger partial charge >= 0.3 is 0 Å². The monoisotopic (exact) mass is 440 g/mol. The third kappa shape index (κ3) is 6.34. The fourth-order valence-electron chi connectivity index (χ4n) is 2.83. The Morgan fingerprint density at radius 2 is 1.86 bits per heavy atom. The smallest absolute Gasteiger partial charge is 0.261 e. The average molecular weight is 441 g/mol. The molecule has 0 fully saturated rings. The van der Waals surface area contributed by atoms with Crippen LogP contribution in [0.2, 0.25) is 10.0 Å². The minimum atomic E-state index is -0.707. The number of carbonyl (C=O) groups excluding carboxylic acids is 2. The maximum atomic E-state index is 13.8. The third-order valence-corrected chi connectivity index (χ3v) is 5.00. The first-order valence-corrected chi connectivity index (χ1v) is 10.0. The second-order valence-electron chi connectivity index (χ2n) is 6.31. The van der Waals surface area contributed by atoms with Gasteiger partial charge in [-0.05, 0) is 43.2 Å². The van der Waals surface area contributed by atoms with Gasteiger partial charge in [0.15, 0.2) is 18.2 Å². The molecule has 0 unspecified atom stereocenters. The molecule has 0 saturated carbocycles. The van der Waals surface area contributed by atoms with Gasteiger partial charge in [0.25, 0.3) is 5.91 Å². The summed E-state index contributed by atoms with van der Waals surface area (Å²) < 4.78 is 19.1. The van der Waals surface area contributed by atoms with Crippen LogP contribution in [0.15, 0.2) is 42.5 Å². The standard InChI is InChI=1S/C21H23Cl2FN2O3/c1-3-18(21(28)25-4-2)26(12-14-9-10-15(22)16(23)11-14)20(27)13-29-19-8-6-5-7-17(19)24/h5-11,18H,3-4,12-13H2,1-2H3,(H,25,28)/t18-/m1/s1. The van der Waals surface area contributed by atoms with E-state index in [0.717, 1.165) is 0 Å². The number of rotatable bonds is 9. The molecule has 29 heavy (non-hydrogen) atoms. The van der Waals surface area contributed by atoms with Crippen LogP contribution in [0.4, 0.5) is 4.39 Å². The van der Waals surface area contributed by atoms with Crippen molar-refractivity contribution in [1.29, 1.82) is 0 Å². The van der Waals surface area contributed by atoms with E-state index in [0.29, 0.717) is 28.6 Å². The number of halogens is 3. The maximum absolute atomic E-state index is 13.8. The number of hydrogen-bond acceptors (Lipinski definition) is 3. The van der Waals surface area contributed by atoms with Crippen LogP contribution in [-0.2, 0) is 16.1 Å². The molecule has 0 aromatic heterocycles. The van der Waals surface area contributed by atoms with Gasteiger partial charge in [0, 0.05) is 13.1 Å². The Balaban J connectivity index is 2.24. The highest BCUT2D eigenvalue weighted by Crippen LogP contribution is 2.24. The molecule has 0 aliphatic carbocycles. The normalized spacial score (nSPS) is 11.6. The van der Waals surface area contributed by atoms with E-state index < -0.39 is 24.4 Å². The summed E-state index contributed by atoms with van der Waals surface area (Å²) >= 11 is 12.0. The van der Waals surface area contributed by atoms with Crippen molar-refractivity contribution < 1.29 is 18.7 Å². The van der Waals surface area contributed by atoms with Gasteiger partial charge in [-0.2, -0.15) is 0 Å². The molecule has 1 atom stereocenters. The predicted molar refractivity (Wildman–Crippen MR) is 112 cm³/mol. The van der Waals surface area contributed by atoms with Gasteiger partial charge in [-0.1, -0.05) is 48.3 Å². The first-order valence-electron chi connectivity index (χ1n) is 9.25. The van der Waals surface area contributed by atoms with E-state index in [4.69, 9.17) is 27.9 Å². The van der Waals surface area contributed by atoms with E-state index >= 15 is 0 Å². The Morgan fingerprint density at radius 1 is 1.14 bits per heavy atom. The molecule has 0 saturated heterocycles. The lowest BCUT2D eigenvalue weighted by molar-refractivity contribution is -0.143. The van der Waals surface area contributed by atoms with E-state index in [9.17, 15) is 14.0 Å². The third-order valence-electron chi connectivity index (χ3n) is 4.26. The number of amides is 2. The molecular formula is C21H23Cl2FN2O3. The number of hydrogen-bond donors (Lipinski definition) is 1. The molecule has 2 aromatic rings. The summed E-state index contributed by atoms with van der Waals surface area (Å²) in [4.78, 5) is 26.8. The van der Waals surface area contributed by atoms with Crippen molar-refractivity contribution in [3.63, 3.8) is 0 Å². The quantitative estimate of drug-likeness (QED) is 0.626. The van der Waals surface area contributed by atoms with Gasteiger partial charge in [0.1, 0.15) is 6.04 Å². The lowest BCUT2D eigenvalue weighted by Crippen LogP contribution is -2.50. The van der Waals surface area contributed by atoms with E-state index in [1.807, 2.05) is 6.92 Å². The van der Waals surface area contributed by atoms with E-state index in [-0.39, 0.29) is 18.2 Å². The van der Waals surface area contributed by atoms with Gasteiger partial charge in [0.2, 0.25) is 5.91 Å². The number of likely N-dealkylation sites (N-methyl/N-ethyl adjacent to an activating group) is 1. The zero-order valence-corrected chi connectivity index (χ0v) is 17.8. The number of carbonyl (C=O) groups is 2. The molecule has 1 N–H and O–H groups in total. The minimum Gasteiger partial charge on any atom is -0.481 e. The number of nitrogens with zero attached hydrogens (tertiary/aromatic N) is 1. The number of ether oxygens (including phenoxy) is 1. The van der Waals surface area contributed by atoms with Crippen LogP contribution >= 0.6 is 23.2 Å². The first-order chi connectivity index (χ1) is 13.9. The SMILES string of the molecule is CCNC(=O)[C@@H](CC)N(Cc1ccc(Cl)c(Cl)c1)C(=O)COc1ccccc1F. The molecule has 0 heterocycles. The Labute approximate surface area is 179 Å². The summed E-state index contributed by atoms with van der Waals surface area (Å²) in [7, 11) is 0. The Hall–Kier alpha value is -2.31. The first kappa shape index (κ1) is 23.0. The van der Waals surface area contributed by atoms with Crippen LogP contribution in [0.25, 0.3) is 0 Å².